The Labute approximate surface area is 187 Å². The molecule has 1 unspecified atom stereocenters. The van der Waals surface area contributed by atoms with Crippen LogP contribution in [0, 0.1) is 11.7 Å². The van der Waals surface area contributed by atoms with Crippen LogP contribution in [0.25, 0.3) is 0 Å². The summed E-state index contributed by atoms with van der Waals surface area (Å²) in [6.07, 6.45) is 0.951. The van der Waals surface area contributed by atoms with Gasteiger partial charge < -0.3 is 25.0 Å². The molecule has 1 aliphatic heterocycles. The number of benzene rings is 2. The van der Waals surface area contributed by atoms with E-state index >= 15 is 0 Å². The standard InChI is InChI=1S/C24H30FN3O4/c1-16(2)27-23(29)15-32-21-9-4-18(12-22(21)31-3)24(30)26-13-17-10-11-28(14-17)20-7-5-19(25)6-8-20/h4-9,12,16-17H,10-11,13-15H2,1-3H3,(H,26,30)(H,27,29). The van der Waals surface area contributed by atoms with E-state index in [0.717, 1.165) is 25.2 Å². The van der Waals surface area contributed by atoms with Crippen molar-refractivity contribution in [3.05, 3.63) is 53.8 Å². The quantitative estimate of drug-likeness (QED) is 0.623. The highest BCUT2D eigenvalue weighted by Gasteiger charge is 2.23. The van der Waals surface area contributed by atoms with Gasteiger partial charge in [-0.3, -0.25) is 9.59 Å². The molecule has 0 radical (unpaired) electrons. The van der Waals surface area contributed by atoms with Crippen LogP contribution < -0.4 is 25.0 Å². The number of hydrogen-bond donors (Lipinski definition) is 2. The number of amides is 2. The molecule has 3 rings (SSSR count). The second-order valence-corrected chi connectivity index (χ2v) is 8.16. The minimum atomic E-state index is -0.248. The molecule has 0 aromatic heterocycles. The second-order valence-electron chi connectivity index (χ2n) is 8.16. The highest BCUT2D eigenvalue weighted by Crippen LogP contribution is 2.28. The molecular weight excluding hydrogens is 413 g/mol. The van der Waals surface area contributed by atoms with Crippen molar-refractivity contribution >= 4 is 17.5 Å². The first-order valence-electron chi connectivity index (χ1n) is 10.7. The number of nitrogens with one attached hydrogen (secondary N) is 2. The predicted molar refractivity (Wildman–Crippen MR) is 121 cm³/mol. The molecule has 0 bridgehead atoms. The minimum absolute atomic E-state index is 0.0294. The number of halogens is 1. The largest absolute Gasteiger partial charge is 0.493 e. The summed E-state index contributed by atoms with van der Waals surface area (Å²) in [4.78, 5) is 26.6. The third-order valence-electron chi connectivity index (χ3n) is 5.26. The van der Waals surface area contributed by atoms with Crippen LogP contribution in [-0.2, 0) is 4.79 Å². The fourth-order valence-corrected chi connectivity index (χ4v) is 3.66. The molecule has 0 aliphatic carbocycles. The molecule has 2 aromatic carbocycles. The van der Waals surface area contributed by atoms with Crippen LogP contribution in [0.2, 0.25) is 0 Å². The summed E-state index contributed by atoms with van der Waals surface area (Å²) in [5.74, 6) is 0.421. The lowest BCUT2D eigenvalue weighted by molar-refractivity contribution is -0.123. The Hall–Kier alpha value is -3.29. The summed E-state index contributed by atoms with van der Waals surface area (Å²) >= 11 is 0. The lowest BCUT2D eigenvalue weighted by Crippen LogP contribution is -2.34. The van der Waals surface area contributed by atoms with Crippen molar-refractivity contribution in [3.8, 4) is 11.5 Å². The fourth-order valence-electron chi connectivity index (χ4n) is 3.66. The van der Waals surface area contributed by atoms with E-state index in [4.69, 9.17) is 9.47 Å². The average Bonchev–Trinajstić information content (AvgIpc) is 3.25. The molecule has 1 saturated heterocycles. The predicted octanol–water partition coefficient (Wildman–Crippen LogP) is 2.99. The van der Waals surface area contributed by atoms with Gasteiger partial charge in [-0.1, -0.05) is 0 Å². The van der Waals surface area contributed by atoms with Crippen molar-refractivity contribution in [1.29, 1.82) is 0 Å². The smallest absolute Gasteiger partial charge is 0.258 e. The first-order valence-corrected chi connectivity index (χ1v) is 10.7. The summed E-state index contributed by atoms with van der Waals surface area (Å²) in [6, 6.07) is 11.4. The highest BCUT2D eigenvalue weighted by atomic mass is 19.1. The van der Waals surface area contributed by atoms with Gasteiger partial charge in [0.15, 0.2) is 18.1 Å². The second kappa shape index (κ2) is 10.8. The van der Waals surface area contributed by atoms with E-state index in [9.17, 15) is 14.0 Å². The lowest BCUT2D eigenvalue weighted by atomic mass is 10.1. The number of anilines is 1. The zero-order valence-corrected chi connectivity index (χ0v) is 18.7. The van der Waals surface area contributed by atoms with Gasteiger partial charge in [-0.25, -0.2) is 4.39 Å². The Morgan fingerprint density at radius 3 is 2.59 bits per heavy atom. The van der Waals surface area contributed by atoms with Gasteiger partial charge in [0, 0.05) is 36.9 Å². The van der Waals surface area contributed by atoms with Crippen molar-refractivity contribution in [2.75, 3.05) is 38.3 Å². The molecule has 2 aromatic rings. The average molecular weight is 444 g/mol. The molecule has 1 atom stereocenters. The van der Waals surface area contributed by atoms with Gasteiger partial charge in [-0.15, -0.1) is 0 Å². The van der Waals surface area contributed by atoms with Gasteiger partial charge >= 0.3 is 0 Å². The number of methoxy groups -OCH3 is 1. The summed E-state index contributed by atoms with van der Waals surface area (Å²) in [7, 11) is 1.49. The highest BCUT2D eigenvalue weighted by molar-refractivity contribution is 5.94. The molecule has 1 fully saturated rings. The van der Waals surface area contributed by atoms with Gasteiger partial charge in [-0.2, -0.15) is 0 Å². The Balaban J connectivity index is 1.51. The van der Waals surface area contributed by atoms with E-state index in [0.29, 0.717) is 29.5 Å². The van der Waals surface area contributed by atoms with Crippen molar-refractivity contribution in [1.82, 2.24) is 10.6 Å². The Bertz CT molecular complexity index is 933. The van der Waals surface area contributed by atoms with E-state index < -0.39 is 0 Å². The van der Waals surface area contributed by atoms with Gasteiger partial charge in [0.1, 0.15) is 5.82 Å². The number of carbonyl (C=O) groups excluding carboxylic acids is 2. The molecule has 7 nitrogen and oxygen atoms in total. The summed E-state index contributed by atoms with van der Waals surface area (Å²) in [6.45, 7) is 5.84. The van der Waals surface area contributed by atoms with Crippen molar-refractivity contribution in [3.63, 3.8) is 0 Å². The topological polar surface area (TPSA) is 79.9 Å². The monoisotopic (exact) mass is 443 g/mol. The molecule has 8 heteroatoms. The van der Waals surface area contributed by atoms with Crippen LogP contribution in [0.1, 0.15) is 30.6 Å². The lowest BCUT2D eigenvalue weighted by Gasteiger charge is -2.19. The Morgan fingerprint density at radius 2 is 1.91 bits per heavy atom. The van der Waals surface area contributed by atoms with Crippen molar-refractivity contribution in [2.45, 2.75) is 26.3 Å². The number of hydrogen-bond acceptors (Lipinski definition) is 5. The molecule has 172 valence electrons. The third kappa shape index (κ3) is 6.35. The maximum Gasteiger partial charge on any atom is 0.258 e. The van der Waals surface area contributed by atoms with Crippen LogP contribution >= 0.6 is 0 Å². The van der Waals surface area contributed by atoms with E-state index in [1.54, 1.807) is 30.3 Å². The number of ether oxygens (including phenoxy) is 2. The van der Waals surface area contributed by atoms with E-state index in [-0.39, 0.29) is 30.3 Å². The van der Waals surface area contributed by atoms with Gasteiger partial charge in [0.25, 0.3) is 11.8 Å². The molecule has 1 heterocycles. The van der Waals surface area contributed by atoms with Crippen LogP contribution in [0.15, 0.2) is 42.5 Å². The molecule has 0 saturated carbocycles. The van der Waals surface area contributed by atoms with Crippen LogP contribution in [-0.4, -0.2) is 51.2 Å². The van der Waals surface area contributed by atoms with Gasteiger partial charge in [0.05, 0.1) is 7.11 Å². The van der Waals surface area contributed by atoms with Crippen LogP contribution in [0.4, 0.5) is 10.1 Å². The normalized spacial score (nSPS) is 15.5. The molecule has 32 heavy (non-hydrogen) atoms. The zero-order chi connectivity index (χ0) is 23.1. The first kappa shape index (κ1) is 23.4. The first-order chi connectivity index (χ1) is 15.4. The number of carbonyl (C=O) groups is 2. The zero-order valence-electron chi connectivity index (χ0n) is 18.7. The van der Waals surface area contributed by atoms with Gasteiger partial charge in [0.2, 0.25) is 0 Å². The van der Waals surface area contributed by atoms with Crippen LogP contribution in [0.5, 0.6) is 11.5 Å². The van der Waals surface area contributed by atoms with Gasteiger partial charge in [-0.05, 0) is 68.7 Å². The minimum Gasteiger partial charge on any atom is -0.493 e. The van der Waals surface area contributed by atoms with Crippen LogP contribution in [0.3, 0.4) is 0 Å². The Kier molecular flexibility index (Phi) is 7.92. The number of rotatable bonds is 9. The molecule has 2 amide bonds. The summed E-state index contributed by atoms with van der Waals surface area (Å²) in [5, 5.41) is 5.73. The molecule has 1 aliphatic rings. The SMILES string of the molecule is COc1cc(C(=O)NCC2CCN(c3ccc(F)cc3)C2)ccc1OCC(=O)NC(C)C. The molecule has 0 spiro atoms. The number of nitrogens with zero attached hydrogens (tertiary/aromatic N) is 1. The van der Waals surface area contributed by atoms with Crippen molar-refractivity contribution in [2.24, 2.45) is 5.92 Å². The Morgan fingerprint density at radius 1 is 1.16 bits per heavy atom. The fraction of sp³-hybridized carbons (Fsp3) is 0.417. The van der Waals surface area contributed by atoms with E-state index in [1.165, 1.54) is 19.2 Å². The molecular formula is C24H30FN3O4. The molecule has 2 N–H and O–H groups in total. The summed E-state index contributed by atoms with van der Waals surface area (Å²) in [5.41, 5.74) is 1.44. The summed E-state index contributed by atoms with van der Waals surface area (Å²) < 4.78 is 24.0. The van der Waals surface area contributed by atoms with E-state index in [2.05, 4.69) is 15.5 Å². The maximum atomic E-state index is 13.1. The van der Waals surface area contributed by atoms with Crippen molar-refractivity contribution < 1.29 is 23.5 Å². The van der Waals surface area contributed by atoms with E-state index in [1.807, 2.05) is 13.8 Å². The third-order valence-corrected chi connectivity index (χ3v) is 5.26. The maximum absolute atomic E-state index is 13.1.